The Hall–Kier alpha value is -2.08. The largest absolute Gasteiger partial charge is 0.336 e. The molecule has 0 aliphatic heterocycles. The SMILES string of the molecule is CON(C)C(=O)c1ccc(CNC(=O)NC(C)C)cc1. The summed E-state index contributed by atoms with van der Waals surface area (Å²) in [5.74, 6) is -0.218. The fourth-order valence-corrected chi connectivity index (χ4v) is 1.53. The number of nitrogens with zero attached hydrogens (tertiary/aromatic N) is 1. The summed E-state index contributed by atoms with van der Waals surface area (Å²) in [5.41, 5.74) is 1.45. The van der Waals surface area contributed by atoms with Gasteiger partial charge in [-0.25, -0.2) is 9.86 Å². The van der Waals surface area contributed by atoms with Crippen LogP contribution in [-0.4, -0.2) is 37.2 Å². The first-order valence-corrected chi connectivity index (χ1v) is 6.39. The third-order valence-electron chi connectivity index (χ3n) is 2.63. The van der Waals surface area contributed by atoms with Crippen LogP contribution in [0.5, 0.6) is 0 Å². The van der Waals surface area contributed by atoms with Gasteiger partial charge in [0, 0.05) is 25.2 Å². The highest BCUT2D eigenvalue weighted by molar-refractivity contribution is 5.93. The number of carbonyl (C=O) groups excluding carboxylic acids is 2. The quantitative estimate of drug-likeness (QED) is 0.803. The van der Waals surface area contributed by atoms with Crippen LogP contribution in [0.15, 0.2) is 24.3 Å². The molecule has 1 aromatic rings. The molecule has 0 radical (unpaired) electrons. The van der Waals surface area contributed by atoms with Crippen molar-refractivity contribution in [1.82, 2.24) is 15.7 Å². The fraction of sp³-hybridized carbons (Fsp3) is 0.429. The number of urea groups is 1. The number of rotatable bonds is 5. The zero-order valence-corrected chi connectivity index (χ0v) is 12.3. The van der Waals surface area contributed by atoms with E-state index in [-0.39, 0.29) is 18.0 Å². The van der Waals surface area contributed by atoms with Crippen LogP contribution in [-0.2, 0) is 11.4 Å². The normalized spacial score (nSPS) is 10.2. The Balaban J connectivity index is 2.55. The van der Waals surface area contributed by atoms with Crippen LogP contribution < -0.4 is 10.6 Å². The van der Waals surface area contributed by atoms with Gasteiger partial charge < -0.3 is 10.6 Å². The van der Waals surface area contributed by atoms with Gasteiger partial charge in [-0.05, 0) is 31.5 Å². The van der Waals surface area contributed by atoms with E-state index >= 15 is 0 Å². The predicted molar refractivity (Wildman–Crippen MR) is 76.1 cm³/mol. The zero-order valence-electron chi connectivity index (χ0n) is 12.3. The standard InChI is InChI=1S/C14H21N3O3/c1-10(2)16-14(19)15-9-11-5-7-12(8-6-11)13(18)17(3)20-4/h5-8,10H,9H2,1-4H3,(H2,15,16,19). The Kier molecular flexibility index (Phi) is 5.99. The molecule has 0 aliphatic rings. The molecule has 0 unspecified atom stereocenters. The van der Waals surface area contributed by atoms with Gasteiger partial charge in [-0.3, -0.25) is 9.63 Å². The van der Waals surface area contributed by atoms with Crippen molar-refractivity contribution in [3.8, 4) is 0 Å². The average molecular weight is 279 g/mol. The molecule has 20 heavy (non-hydrogen) atoms. The minimum Gasteiger partial charge on any atom is -0.336 e. The molecule has 3 amide bonds. The van der Waals surface area contributed by atoms with Crippen molar-refractivity contribution in [2.75, 3.05) is 14.2 Å². The smallest absolute Gasteiger partial charge is 0.315 e. The summed E-state index contributed by atoms with van der Waals surface area (Å²) in [6, 6.07) is 6.89. The summed E-state index contributed by atoms with van der Waals surface area (Å²) in [7, 11) is 2.98. The lowest BCUT2D eigenvalue weighted by atomic mass is 10.1. The van der Waals surface area contributed by atoms with Gasteiger partial charge in [0.1, 0.15) is 0 Å². The number of nitrogens with one attached hydrogen (secondary N) is 2. The summed E-state index contributed by atoms with van der Waals surface area (Å²) in [6.07, 6.45) is 0. The van der Waals surface area contributed by atoms with Gasteiger partial charge in [-0.1, -0.05) is 12.1 Å². The second kappa shape index (κ2) is 7.49. The van der Waals surface area contributed by atoms with Crippen molar-refractivity contribution in [2.24, 2.45) is 0 Å². The molecule has 0 spiro atoms. The summed E-state index contributed by atoms with van der Waals surface area (Å²) in [4.78, 5) is 28.1. The second-order valence-electron chi connectivity index (χ2n) is 4.66. The monoisotopic (exact) mass is 279 g/mol. The Labute approximate surface area is 119 Å². The van der Waals surface area contributed by atoms with Crippen LogP contribution in [0, 0.1) is 0 Å². The van der Waals surface area contributed by atoms with E-state index in [0.717, 1.165) is 10.6 Å². The van der Waals surface area contributed by atoms with E-state index in [1.54, 1.807) is 31.3 Å². The minimum absolute atomic E-state index is 0.0968. The maximum absolute atomic E-state index is 11.8. The number of hydrogen-bond acceptors (Lipinski definition) is 3. The van der Waals surface area contributed by atoms with E-state index in [1.165, 1.54) is 7.11 Å². The van der Waals surface area contributed by atoms with Crippen molar-refractivity contribution in [1.29, 1.82) is 0 Å². The summed E-state index contributed by atoms with van der Waals surface area (Å²) in [5, 5.41) is 6.64. The molecule has 0 atom stereocenters. The van der Waals surface area contributed by atoms with E-state index in [1.807, 2.05) is 13.8 Å². The number of benzene rings is 1. The third kappa shape index (κ3) is 4.89. The van der Waals surface area contributed by atoms with Gasteiger partial charge in [-0.2, -0.15) is 0 Å². The minimum atomic E-state index is -0.218. The van der Waals surface area contributed by atoms with E-state index in [9.17, 15) is 9.59 Å². The first-order valence-electron chi connectivity index (χ1n) is 6.39. The van der Waals surface area contributed by atoms with E-state index in [0.29, 0.717) is 12.1 Å². The highest BCUT2D eigenvalue weighted by Gasteiger charge is 2.10. The van der Waals surface area contributed by atoms with Gasteiger partial charge in [0.15, 0.2) is 0 Å². The number of hydroxylamine groups is 2. The first kappa shape index (κ1) is 16.0. The van der Waals surface area contributed by atoms with Crippen molar-refractivity contribution in [2.45, 2.75) is 26.4 Å². The van der Waals surface area contributed by atoms with Crippen LogP contribution in [0.3, 0.4) is 0 Å². The molecular weight excluding hydrogens is 258 g/mol. The number of amides is 3. The van der Waals surface area contributed by atoms with Gasteiger partial charge in [0.2, 0.25) is 0 Å². The molecule has 0 aromatic heterocycles. The third-order valence-corrected chi connectivity index (χ3v) is 2.63. The van der Waals surface area contributed by atoms with Crippen LogP contribution in [0.2, 0.25) is 0 Å². The number of carbonyl (C=O) groups is 2. The average Bonchev–Trinajstić information content (AvgIpc) is 2.43. The molecule has 0 aliphatic carbocycles. The van der Waals surface area contributed by atoms with Crippen LogP contribution in [0.25, 0.3) is 0 Å². The lowest BCUT2D eigenvalue weighted by molar-refractivity contribution is -0.0756. The maximum Gasteiger partial charge on any atom is 0.315 e. The molecule has 0 fully saturated rings. The Morgan fingerprint density at radius 3 is 2.35 bits per heavy atom. The Bertz CT molecular complexity index is 457. The highest BCUT2D eigenvalue weighted by Crippen LogP contribution is 2.07. The maximum atomic E-state index is 11.8. The topological polar surface area (TPSA) is 70.7 Å². The van der Waals surface area contributed by atoms with E-state index in [2.05, 4.69) is 10.6 Å². The molecule has 6 heteroatoms. The summed E-state index contributed by atoms with van der Waals surface area (Å²) in [6.45, 7) is 4.20. The molecule has 110 valence electrons. The highest BCUT2D eigenvalue weighted by atomic mass is 16.7. The van der Waals surface area contributed by atoms with Gasteiger partial charge in [0.05, 0.1) is 7.11 Å². The van der Waals surface area contributed by atoms with E-state index < -0.39 is 0 Å². The molecular formula is C14H21N3O3. The molecule has 0 saturated carbocycles. The van der Waals surface area contributed by atoms with Crippen molar-refractivity contribution < 1.29 is 14.4 Å². The van der Waals surface area contributed by atoms with Crippen molar-refractivity contribution in [3.63, 3.8) is 0 Å². The molecule has 1 rings (SSSR count). The van der Waals surface area contributed by atoms with Gasteiger partial charge >= 0.3 is 6.03 Å². The second-order valence-corrected chi connectivity index (χ2v) is 4.66. The molecule has 6 nitrogen and oxygen atoms in total. The van der Waals surface area contributed by atoms with Gasteiger partial charge in [0.25, 0.3) is 5.91 Å². The Morgan fingerprint density at radius 2 is 1.85 bits per heavy atom. The molecule has 0 saturated heterocycles. The predicted octanol–water partition coefficient (Wildman–Crippen LogP) is 1.53. The van der Waals surface area contributed by atoms with Crippen molar-refractivity contribution >= 4 is 11.9 Å². The van der Waals surface area contributed by atoms with Gasteiger partial charge in [-0.15, -0.1) is 0 Å². The number of hydrogen-bond donors (Lipinski definition) is 2. The molecule has 1 aromatic carbocycles. The van der Waals surface area contributed by atoms with Crippen molar-refractivity contribution in [3.05, 3.63) is 35.4 Å². The molecule has 0 bridgehead atoms. The first-order chi connectivity index (χ1) is 9.43. The van der Waals surface area contributed by atoms with E-state index in [4.69, 9.17) is 4.84 Å². The zero-order chi connectivity index (χ0) is 15.1. The fourth-order valence-electron chi connectivity index (χ4n) is 1.53. The van der Waals surface area contributed by atoms with Crippen LogP contribution in [0.1, 0.15) is 29.8 Å². The molecule has 2 N–H and O–H groups in total. The lowest BCUT2D eigenvalue weighted by Gasteiger charge is -2.14. The van der Waals surface area contributed by atoms with Crippen LogP contribution in [0.4, 0.5) is 4.79 Å². The van der Waals surface area contributed by atoms with Crippen LogP contribution >= 0.6 is 0 Å². The lowest BCUT2D eigenvalue weighted by Crippen LogP contribution is -2.39. The summed E-state index contributed by atoms with van der Waals surface area (Å²) < 4.78 is 0. The molecule has 0 heterocycles. The summed E-state index contributed by atoms with van der Waals surface area (Å²) >= 11 is 0. The Morgan fingerprint density at radius 1 is 1.25 bits per heavy atom.